The van der Waals surface area contributed by atoms with Crippen molar-refractivity contribution in [3.05, 3.63) is 93.5 Å². The third-order valence-corrected chi connectivity index (χ3v) is 5.98. The Morgan fingerprint density at radius 2 is 1.70 bits per heavy atom. The SMILES string of the molecule is C.CN(CCC(=O)OCCN1C(=O)c2ccccc2C1=O)c1ccc(N=Nc2ccc([N+](=O)[O-])cc2C#N)cc1. The Balaban J connectivity index is 0.00000441. The molecule has 3 aromatic rings. The number of azo groups is 1. The van der Waals surface area contributed by atoms with Crippen molar-refractivity contribution in [3.63, 3.8) is 0 Å². The van der Waals surface area contributed by atoms with Gasteiger partial charge in [-0.3, -0.25) is 29.4 Å². The number of ether oxygens (including phenoxy) is 1. The van der Waals surface area contributed by atoms with E-state index in [0.29, 0.717) is 23.4 Å². The van der Waals surface area contributed by atoms with E-state index in [4.69, 9.17) is 4.74 Å². The molecule has 0 fully saturated rings. The number of imide groups is 1. The fraction of sp³-hybridized carbons (Fsp3) is 0.214. The number of amides is 2. The fourth-order valence-electron chi connectivity index (χ4n) is 3.85. The van der Waals surface area contributed by atoms with Gasteiger partial charge in [0.25, 0.3) is 17.5 Å². The maximum absolute atomic E-state index is 12.4. The third-order valence-electron chi connectivity index (χ3n) is 5.98. The highest BCUT2D eigenvalue weighted by atomic mass is 16.6. The van der Waals surface area contributed by atoms with E-state index in [-0.39, 0.29) is 43.9 Å². The first-order chi connectivity index (χ1) is 18.8. The summed E-state index contributed by atoms with van der Waals surface area (Å²) in [6.07, 6.45) is 0.0944. The largest absolute Gasteiger partial charge is 0.464 e. The van der Waals surface area contributed by atoms with Crippen LogP contribution in [0.5, 0.6) is 0 Å². The van der Waals surface area contributed by atoms with Crippen molar-refractivity contribution < 1.29 is 24.0 Å². The molecule has 0 aliphatic carbocycles. The summed E-state index contributed by atoms with van der Waals surface area (Å²) < 4.78 is 5.22. The van der Waals surface area contributed by atoms with Crippen LogP contribution in [0.25, 0.3) is 0 Å². The lowest BCUT2D eigenvalue weighted by Crippen LogP contribution is -2.33. The smallest absolute Gasteiger partial charge is 0.307 e. The molecular formula is C28H26N6O6. The van der Waals surface area contributed by atoms with Gasteiger partial charge in [0.05, 0.1) is 40.3 Å². The van der Waals surface area contributed by atoms with Crippen LogP contribution in [-0.2, 0) is 9.53 Å². The Kier molecular flexibility index (Phi) is 9.38. The number of anilines is 1. The Hall–Kier alpha value is -5.44. The zero-order valence-electron chi connectivity index (χ0n) is 20.8. The number of carbonyl (C=O) groups is 3. The van der Waals surface area contributed by atoms with Crippen molar-refractivity contribution in [2.75, 3.05) is 31.6 Å². The van der Waals surface area contributed by atoms with Gasteiger partial charge in [-0.05, 0) is 42.5 Å². The molecule has 204 valence electrons. The van der Waals surface area contributed by atoms with Crippen LogP contribution in [0.3, 0.4) is 0 Å². The summed E-state index contributed by atoms with van der Waals surface area (Å²) in [6.45, 7) is 0.261. The van der Waals surface area contributed by atoms with Crippen LogP contribution in [0.4, 0.5) is 22.7 Å². The van der Waals surface area contributed by atoms with Crippen LogP contribution in [-0.4, -0.2) is 54.4 Å². The van der Waals surface area contributed by atoms with Crippen molar-refractivity contribution in [2.24, 2.45) is 10.2 Å². The first kappa shape index (κ1) is 29.1. The molecule has 0 spiro atoms. The van der Waals surface area contributed by atoms with E-state index in [1.165, 1.54) is 12.1 Å². The van der Waals surface area contributed by atoms with Gasteiger partial charge in [0, 0.05) is 31.4 Å². The van der Waals surface area contributed by atoms with E-state index in [1.807, 2.05) is 11.0 Å². The van der Waals surface area contributed by atoms with E-state index in [9.17, 15) is 29.8 Å². The molecule has 0 bridgehead atoms. The molecule has 4 rings (SSSR count). The average molecular weight is 543 g/mol. The second-order valence-electron chi connectivity index (χ2n) is 8.49. The first-order valence-electron chi connectivity index (χ1n) is 11.8. The zero-order chi connectivity index (χ0) is 27.9. The summed E-state index contributed by atoms with van der Waals surface area (Å²) >= 11 is 0. The maximum Gasteiger partial charge on any atom is 0.307 e. The molecule has 0 radical (unpaired) electrons. The lowest BCUT2D eigenvalue weighted by molar-refractivity contribution is -0.384. The number of nitrogens with zero attached hydrogens (tertiary/aromatic N) is 6. The minimum absolute atomic E-state index is 0. The number of esters is 1. The highest BCUT2D eigenvalue weighted by Crippen LogP contribution is 2.27. The number of carbonyl (C=O) groups excluding carboxylic acids is 3. The monoisotopic (exact) mass is 542 g/mol. The number of nitro benzene ring substituents is 1. The first-order valence-corrected chi connectivity index (χ1v) is 11.8. The summed E-state index contributed by atoms with van der Waals surface area (Å²) in [5.41, 5.74) is 2.06. The number of nitro groups is 1. The van der Waals surface area contributed by atoms with Crippen molar-refractivity contribution in [1.82, 2.24) is 4.90 Å². The van der Waals surface area contributed by atoms with Gasteiger partial charge in [-0.15, -0.1) is 5.11 Å². The lowest BCUT2D eigenvalue weighted by Gasteiger charge is -2.19. The standard InChI is InChI=1S/C27H22N6O6.CH4/c1-31(13-12-25(34)39-15-14-32-26(35)22-4-2-3-5-23(22)27(32)36)20-8-6-19(7-9-20)29-30-24-11-10-21(33(37)38)16-18(24)17-28;/h2-11,16H,12-15H2,1H3;1H4. The number of hydrogen-bond acceptors (Lipinski definition) is 10. The Morgan fingerprint density at radius 1 is 1.05 bits per heavy atom. The molecule has 0 saturated carbocycles. The van der Waals surface area contributed by atoms with Gasteiger partial charge in [-0.2, -0.15) is 10.4 Å². The number of benzene rings is 3. The zero-order valence-corrected chi connectivity index (χ0v) is 20.8. The third kappa shape index (κ3) is 6.51. The Morgan fingerprint density at radius 3 is 2.30 bits per heavy atom. The van der Waals surface area contributed by atoms with E-state index in [0.717, 1.165) is 16.7 Å². The molecule has 40 heavy (non-hydrogen) atoms. The molecule has 1 heterocycles. The molecule has 12 nitrogen and oxygen atoms in total. The van der Waals surface area contributed by atoms with Gasteiger partial charge in [-0.1, -0.05) is 19.6 Å². The molecule has 0 aromatic heterocycles. The molecule has 0 atom stereocenters. The van der Waals surface area contributed by atoms with E-state index in [1.54, 1.807) is 55.6 Å². The van der Waals surface area contributed by atoms with Crippen molar-refractivity contribution in [1.29, 1.82) is 5.26 Å². The molecule has 1 aliphatic heterocycles. The summed E-state index contributed by atoms with van der Waals surface area (Å²) in [6, 6.07) is 19.2. The summed E-state index contributed by atoms with van der Waals surface area (Å²) in [4.78, 5) is 50.1. The Labute approximate surface area is 230 Å². The molecule has 0 unspecified atom stereocenters. The lowest BCUT2D eigenvalue weighted by atomic mass is 10.1. The van der Waals surface area contributed by atoms with Crippen LogP contribution in [0.1, 0.15) is 40.1 Å². The van der Waals surface area contributed by atoms with Crippen molar-refractivity contribution in [3.8, 4) is 6.07 Å². The van der Waals surface area contributed by atoms with Gasteiger partial charge in [0.2, 0.25) is 0 Å². The quantitative estimate of drug-likeness (QED) is 0.111. The van der Waals surface area contributed by atoms with Crippen LogP contribution in [0.2, 0.25) is 0 Å². The van der Waals surface area contributed by atoms with Gasteiger partial charge < -0.3 is 9.64 Å². The highest BCUT2D eigenvalue weighted by Gasteiger charge is 2.34. The molecule has 1 aliphatic rings. The number of nitriles is 1. The molecular weight excluding hydrogens is 516 g/mol. The summed E-state index contributed by atoms with van der Waals surface area (Å²) in [7, 11) is 1.80. The van der Waals surface area contributed by atoms with Crippen molar-refractivity contribution in [2.45, 2.75) is 13.8 Å². The fourth-order valence-corrected chi connectivity index (χ4v) is 3.85. The van der Waals surface area contributed by atoms with Gasteiger partial charge in [0.1, 0.15) is 18.4 Å². The van der Waals surface area contributed by atoms with Crippen LogP contribution >= 0.6 is 0 Å². The number of non-ortho nitro benzene ring substituents is 1. The molecule has 3 aromatic carbocycles. The number of hydrogen-bond donors (Lipinski definition) is 0. The molecule has 0 saturated heterocycles. The second kappa shape index (κ2) is 12.9. The topological polar surface area (TPSA) is 159 Å². The molecule has 12 heteroatoms. The normalized spacial score (nSPS) is 12.1. The maximum atomic E-state index is 12.4. The van der Waals surface area contributed by atoms with Gasteiger partial charge >= 0.3 is 5.97 Å². The van der Waals surface area contributed by atoms with Crippen molar-refractivity contribution >= 4 is 40.5 Å². The van der Waals surface area contributed by atoms with Gasteiger partial charge in [-0.25, -0.2) is 0 Å². The molecule has 0 N–H and O–H groups in total. The van der Waals surface area contributed by atoms with Crippen LogP contribution in [0, 0.1) is 21.4 Å². The minimum atomic E-state index is -0.588. The predicted octanol–water partition coefficient (Wildman–Crippen LogP) is 5.18. The van der Waals surface area contributed by atoms with Crippen LogP contribution in [0.15, 0.2) is 77.0 Å². The second-order valence-corrected chi connectivity index (χ2v) is 8.49. The van der Waals surface area contributed by atoms with Gasteiger partial charge in [0.15, 0.2) is 0 Å². The van der Waals surface area contributed by atoms with E-state index in [2.05, 4.69) is 10.2 Å². The van der Waals surface area contributed by atoms with Crippen LogP contribution < -0.4 is 4.90 Å². The predicted molar refractivity (Wildman–Crippen MR) is 146 cm³/mol. The molecule has 2 amide bonds. The minimum Gasteiger partial charge on any atom is -0.464 e. The van der Waals surface area contributed by atoms with E-state index < -0.39 is 22.7 Å². The van der Waals surface area contributed by atoms with E-state index >= 15 is 0 Å². The number of rotatable bonds is 10. The summed E-state index contributed by atoms with van der Waals surface area (Å²) in [5, 5.41) is 28.2. The average Bonchev–Trinajstić information content (AvgIpc) is 3.19. The highest BCUT2D eigenvalue weighted by molar-refractivity contribution is 6.21. The summed E-state index contributed by atoms with van der Waals surface area (Å²) in [5.74, 6) is -1.25. The number of fused-ring (bicyclic) bond motifs is 1. The Bertz CT molecular complexity index is 1480.